The number of carbonyl (C=O) groups is 1. The number of rotatable bonds is 3. The van der Waals surface area contributed by atoms with Crippen molar-refractivity contribution in [3.8, 4) is 0 Å². The second-order valence-corrected chi connectivity index (χ2v) is 6.36. The van der Waals surface area contributed by atoms with Gasteiger partial charge in [-0.2, -0.15) is 0 Å². The molecule has 1 aliphatic carbocycles. The van der Waals surface area contributed by atoms with E-state index in [1.807, 2.05) is 29.2 Å². The highest BCUT2D eigenvalue weighted by molar-refractivity contribution is 5.91. The lowest BCUT2D eigenvalue weighted by molar-refractivity contribution is -0.133. The summed E-state index contributed by atoms with van der Waals surface area (Å²) in [5, 5.41) is 0. The lowest BCUT2D eigenvalue weighted by Crippen LogP contribution is -2.40. The van der Waals surface area contributed by atoms with E-state index >= 15 is 0 Å². The van der Waals surface area contributed by atoms with E-state index in [4.69, 9.17) is 5.73 Å². The van der Waals surface area contributed by atoms with Crippen molar-refractivity contribution in [3.63, 3.8) is 0 Å². The smallest absolute Gasteiger partial charge is 0.233 e. The largest absolute Gasteiger partial charge is 0.399 e. The maximum Gasteiger partial charge on any atom is 0.233 e. The fourth-order valence-corrected chi connectivity index (χ4v) is 3.20. The molecule has 1 heterocycles. The molecule has 1 aliphatic heterocycles. The summed E-state index contributed by atoms with van der Waals surface area (Å²) in [7, 11) is 4.18. The summed E-state index contributed by atoms with van der Waals surface area (Å²) in [6.45, 7) is 1.75. The van der Waals surface area contributed by atoms with Gasteiger partial charge in [-0.3, -0.25) is 4.79 Å². The van der Waals surface area contributed by atoms with E-state index in [-0.39, 0.29) is 5.41 Å². The summed E-state index contributed by atoms with van der Waals surface area (Å²) >= 11 is 0. The maximum absolute atomic E-state index is 12.9. The van der Waals surface area contributed by atoms with Crippen LogP contribution >= 0.6 is 0 Å². The zero-order chi connectivity index (χ0) is 14.3. The van der Waals surface area contributed by atoms with Gasteiger partial charge in [0, 0.05) is 24.8 Å². The van der Waals surface area contributed by atoms with Gasteiger partial charge in [-0.15, -0.1) is 0 Å². The topological polar surface area (TPSA) is 49.6 Å². The third kappa shape index (κ3) is 2.18. The summed E-state index contributed by atoms with van der Waals surface area (Å²) in [6.07, 6.45) is 3.02. The van der Waals surface area contributed by atoms with Gasteiger partial charge in [0.1, 0.15) is 0 Å². The van der Waals surface area contributed by atoms with Gasteiger partial charge in [0.05, 0.1) is 5.41 Å². The van der Waals surface area contributed by atoms with E-state index in [2.05, 4.69) is 19.0 Å². The van der Waals surface area contributed by atoms with Crippen LogP contribution in [0.3, 0.4) is 0 Å². The molecule has 3 rings (SSSR count). The van der Waals surface area contributed by atoms with Crippen molar-refractivity contribution in [1.29, 1.82) is 0 Å². The van der Waals surface area contributed by atoms with E-state index in [9.17, 15) is 4.79 Å². The first-order valence-electron chi connectivity index (χ1n) is 7.35. The summed E-state index contributed by atoms with van der Waals surface area (Å²) in [5.41, 5.74) is 7.37. The minimum absolute atomic E-state index is 0.255. The molecule has 20 heavy (non-hydrogen) atoms. The molecule has 0 spiro atoms. The Balaban J connectivity index is 1.76. The zero-order valence-electron chi connectivity index (χ0n) is 12.3. The number of benzene rings is 1. The number of carbonyl (C=O) groups excluding carboxylic acids is 1. The van der Waals surface area contributed by atoms with Crippen molar-refractivity contribution >= 4 is 11.6 Å². The monoisotopic (exact) mass is 273 g/mol. The van der Waals surface area contributed by atoms with Crippen molar-refractivity contribution in [2.45, 2.75) is 30.7 Å². The first-order chi connectivity index (χ1) is 9.53. The lowest BCUT2D eigenvalue weighted by atomic mass is 9.94. The second kappa shape index (κ2) is 4.77. The highest BCUT2D eigenvalue weighted by Crippen LogP contribution is 2.50. The van der Waals surface area contributed by atoms with Crippen LogP contribution in [0.25, 0.3) is 0 Å². The maximum atomic E-state index is 12.9. The van der Waals surface area contributed by atoms with E-state index in [0.717, 1.165) is 43.6 Å². The Bertz CT molecular complexity index is 505. The van der Waals surface area contributed by atoms with E-state index < -0.39 is 0 Å². The highest BCUT2D eigenvalue weighted by atomic mass is 16.2. The van der Waals surface area contributed by atoms with Crippen molar-refractivity contribution in [2.24, 2.45) is 0 Å². The second-order valence-electron chi connectivity index (χ2n) is 6.36. The Morgan fingerprint density at radius 2 is 1.95 bits per heavy atom. The normalized spacial score (nSPS) is 24.1. The van der Waals surface area contributed by atoms with Gasteiger partial charge in [0.15, 0.2) is 0 Å². The van der Waals surface area contributed by atoms with E-state index in [1.165, 1.54) is 0 Å². The van der Waals surface area contributed by atoms with Gasteiger partial charge in [0.2, 0.25) is 5.91 Å². The van der Waals surface area contributed by atoms with E-state index in [1.54, 1.807) is 0 Å². The van der Waals surface area contributed by atoms with Crippen LogP contribution in [0.5, 0.6) is 0 Å². The standard InChI is InChI=1S/C16H23N3O/c1-18(2)14-7-10-19(11-14)15(20)16(8-9-16)12-3-5-13(17)6-4-12/h3-6,14H,7-11,17H2,1-2H3. The third-order valence-electron chi connectivity index (χ3n) is 4.80. The number of hydrogen-bond acceptors (Lipinski definition) is 3. The predicted octanol–water partition coefficient (Wildman–Crippen LogP) is 1.46. The number of likely N-dealkylation sites (tertiary alicyclic amines) is 1. The molecule has 0 aromatic heterocycles. The Morgan fingerprint density at radius 1 is 1.30 bits per heavy atom. The minimum atomic E-state index is -0.255. The Morgan fingerprint density at radius 3 is 2.45 bits per heavy atom. The number of nitrogens with zero attached hydrogens (tertiary/aromatic N) is 2. The van der Waals surface area contributed by atoms with Crippen LogP contribution in [0.2, 0.25) is 0 Å². The van der Waals surface area contributed by atoms with Crippen molar-refractivity contribution < 1.29 is 4.79 Å². The van der Waals surface area contributed by atoms with Crippen molar-refractivity contribution in [2.75, 3.05) is 32.9 Å². The molecule has 1 amide bonds. The first-order valence-corrected chi connectivity index (χ1v) is 7.35. The number of anilines is 1. The van der Waals surface area contributed by atoms with Gasteiger partial charge < -0.3 is 15.5 Å². The molecule has 1 saturated heterocycles. The fourth-order valence-electron chi connectivity index (χ4n) is 3.20. The number of amides is 1. The number of nitrogen functional groups attached to an aromatic ring is 1. The molecule has 1 aromatic carbocycles. The summed E-state index contributed by atoms with van der Waals surface area (Å²) < 4.78 is 0. The first kappa shape index (κ1) is 13.4. The Labute approximate surface area is 120 Å². The third-order valence-corrected chi connectivity index (χ3v) is 4.80. The van der Waals surface area contributed by atoms with Crippen molar-refractivity contribution in [1.82, 2.24) is 9.80 Å². The van der Waals surface area contributed by atoms with Gasteiger partial charge in [0.25, 0.3) is 0 Å². The molecule has 1 aromatic rings. The Kier molecular flexibility index (Phi) is 3.21. The van der Waals surface area contributed by atoms with Gasteiger partial charge in [-0.1, -0.05) is 12.1 Å². The molecule has 108 valence electrons. The molecule has 0 bridgehead atoms. The molecule has 1 unspecified atom stereocenters. The highest BCUT2D eigenvalue weighted by Gasteiger charge is 2.53. The summed E-state index contributed by atoms with van der Waals surface area (Å²) in [6, 6.07) is 8.32. The fraction of sp³-hybridized carbons (Fsp3) is 0.562. The quantitative estimate of drug-likeness (QED) is 0.848. The van der Waals surface area contributed by atoms with Crippen LogP contribution in [0, 0.1) is 0 Å². The van der Waals surface area contributed by atoms with Crippen LogP contribution in [0.1, 0.15) is 24.8 Å². The summed E-state index contributed by atoms with van der Waals surface area (Å²) in [5.74, 6) is 0.312. The molecule has 2 fully saturated rings. The van der Waals surface area contributed by atoms with Gasteiger partial charge in [-0.25, -0.2) is 0 Å². The van der Waals surface area contributed by atoms with Crippen LogP contribution in [0.4, 0.5) is 5.69 Å². The predicted molar refractivity (Wildman–Crippen MR) is 80.4 cm³/mol. The molecule has 2 aliphatic rings. The average Bonchev–Trinajstić information content (AvgIpc) is 3.08. The van der Waals surface area contributed by atoms with Gasteiger partial charge in [-0.05, 0) is 51.1 Å². The Hall–Kier alpha value is -1.55. The molecule has 2 N–H and O–H groups in total. The van der Waals surface area contributed by atoms with Gasteiger partial charge >= 0.3 is 0 Å². The number of likely N-dealkylation sites (N-methyl/N-ethyl adjacent to an activating group) is 1. The minimum Gasteiger partial charge on any atom is -0.399 e. The van der Waals surface area contributed by atoms with Crippen LogP contribution in [-0.2, 0) is 10.2 Å². The number of nitrogens with two attached hydrogens (primary N) is 1. The van der Waals surface area contributed by atoms with Crippen LogP contribution < -0.4 is 5.73 Å². The van der Waals surface area contributed by atoms with E-state index in [0.29, 0.717) is 11.9 Å². The average molecular weight is 273 g/mol. The number of hydrogen-bond donors (Lipinski definition) is 1. The molecule has 0 radical (unpaired) electrons. The molecule has 1 atom stereocenters. The van der Waals surface area contributed by atoms with Crippen molar-refractivity contribution in [3.05, 3.63) is 29.8 Å². The molecule has 4 heteroatoms. The summed E-state index contributed by atoms with van der Waals surface area (Å²) in [4.78, 5) is 17.1. The lowest BCUT2D eigenvalue weighted by Gasteiger charge is -2.25. The molecule has 4 nitrogen and oxygen atoms in total. The SMILES string of the molecule is CN(C)C1CCN(C(=O)C2(c3ccc(N)cc3)CC2)C1. The van der Waals surface area contributed by atoms with Crippen LogP contribution in [0.15, 0.2) is 24.3 Å². The van der Waals surface area contributed by atoms with Crippen LogP contribution in [-0.4, -0.2) is 48.9 Å². The molecule has 1 saturated carbocycles. The molecular weight excluding hydrogens is 250 g/mol. The molecular formula is C16H23N3O. The zero-order valence-corrected chi connectivity index (χ0v) is 12.3.